The van der Waals surface area contributed by atoms with Crippen LogP contribution in [0.4, 0.5) is 5.69 Å². The standard InChI is InChI=1S/C26H26ClN9O3/c1-15-21(13-34(31-15)12-19(37)14-39-2)16-7-8-35-24(10-16)20(11-28-35)26(38)29-23-9-17(3-6-22(23)27)25-30-33-36(32-25)18-4-5-18/h3,6-11,13,18-19,37H,4-5,12,14H2,1-2H3,(H,29,38). The van der Waals surface area contributed by atoms with E-state index in [1.54, 1.807) is 45.5 Å². The molecule has 1 aromatic carbocycles. The molecule has 6 rings (SSSR count). The van der Waals surface area contributed by atoms with Gasteiger partial charge < -0.3 is 15.2 Å². The molecule has 200 valence electrons. The number of nitrogens with zero attached hydrogens (tertiary/aromatic N) is 8. The highest BCUT2D eigenvalue weighted by Crippen LogP contribution is 2.34. The predicted octanol–water partition coefficient (Wildman–Crippen LogP) is 3.41. The zero-order valence-corrected chi connectivity index (χ0v) is 22.1. The molecule has 0 saturated heterocycles. The van der Waals surface area contributed by atoms with Gasteiger partial charge in [0.05, 0.1) is 59.0 Å². The lowest BCUT2D eigenvalue weighted by molar-refractivity contribution is 0.0513. The van der Waals surface area contributed by atoms with Crippen molar-refractivity contribution < 1.29 is 14.6 Å². The van der Waals surface area contributed by atoms with Gasteiger partial charge in [0.25, 0.3) is 5.91 Å². The fourth-order valence-corrected chi connectivity index (χ4v) is 4.59. The van der Waals surface area contributed by atoms with E-state index in [9.17, 15) is 9.90 Å². The van der Waals surface area contributed by atoms with Crippen LogP contribution in [0.1, 0.15) is 34.9 Å². The Hall–Kier alpha value is -4.13. The number of carbonyl (C=O) groups is 1. The molecule has 1 aliphatic rings. The maximum atomic E-state index is 13.4. The highest BCUT2D eigenvalue weighted by atomic mass is 35.5. The highest BCUT2D eigenvalue weighted by Gasteiger charge is 2.26. The third kappa shape index (κ3) is 5.13. The molecule has 2 N–H and O–H groups in total. The Morgan fingerprint density at radius 3 is 2.87 bits per heavy atom. The number of aliphatic hydroxyl groups excluding tert-OH is 1. The molecule has 5 aromatic rings. The average molecular weight is 548 g/mol. The zero-order valence-electron chi connectivity index (χ0n) is 21.3. The van der Waals surface area contributed by atoms with Crippen molar-refractivity contribution in [3.8, 4) is 22.5 Å². The Morgan fingerprint density at radius 2 is 2.08 bits per heavy atom. The molecule has 1 amide bonds. The minimum absolute atomic E-state index is 0.221. The molecule has 1 atom stereocenters. The van der Waals surface area contributed by atoms with E-state index in [4.69, 9.17) is 16.3 Å². The molecule has 4 heterocycles. The molecule has 0 aliphatic heterocycles. The Kier molecular flexibility index (Phi) is 6.59. The topological polar surface area (TPSA) is 137 Å². The number of carbonyl (C=O) groups excluding carboxylic acids is 1. The zero-order chi connectivity index (χ0) is 27.1. The number of aliphatic hydroxyl groups is 1. The molecule has 0 radical (unpaired) electrons. The van der Waals surface area contributed by atoms with Gasteiger partial charge >= 0.3 is 0 Å². The second-order valence-electron chi connectivity index (χ2n) is 9.58. The summed E-state index contributed by atoms with van der Waals surface area (Å²) in [5.41, 5.74) is 4.69. The van der Waals surface area contributed by atoms with Gasteiger partial charge in [-0.1, -0.05) is 11.6 Å². The smallest absolute Gasteiger partial charge is 0.259 e. The van der Waals surface area contributed by atoms with Gasteiger partial charge in [0.15, 0.2) is 0 Å². The Balaban J connectivity index is 1.26. The third-order valence-corrected chi connectivity index (χ3v) is 6.88. The number of rotatable bonds is 9. The number of methoxy groups -OCH3 is 1. The third-order valence-electron chi connectivity index (χ3n) is 6.55. The Morgan fingerprint density at radius 1 is 1.23 bits per heavy atom. The van der Waals surface area contributed by atoms with Crippen molar-refractivity contribution in [1.29, 1.82) is 0 Å². The van der Waals surface area contributed by atoms with Crippen LogP contribution >= 0.6 is 11.6 Å². The fraction of sp³-hybridized carbons (Fsp3) is 0.308. The molecule has 1 saturated carbocycles. The summed E-state index contributed by atoms with van der Waals surface area (Å²) in [6.07, 6.45) is 6.62. The number of tetrazole rings is 1. The Labute approximate surface area is 228 Å². The van der Waals surface area contributed by atoms with E-state index >= 15 is 0 Å². The van der Waals surface area contributed by atoms with Gasteiger partial charge in [-0.2, -0.15) is 15.0 Å². The number of ether oxygens (including phenoxy) is 1. The second kappa shape index (κ2) is 10.2. The van der Waals surface area contributed by atoms with Crippen molar-refractivity contribution in [3.63, 3.8) is 0 Å². The SMILES string of the molecule is COCC(O)Cn1cc(-c2ccn3ncc(C(=O)Nc4cc(-c5nnn(C6CC6)n5)ccc4Cl)c3c2)c(C)n1. The normalized spacial score (nSPS) is 14.2. The van der Waals surface area contributed by atoms with Gasteiger partial charge in [0.2, 0.25) is 5.82 Å². The number of hydrogen-bond donors (Lipinski definition) is 2. The number of pyridine rings is 1. The maximum absolute atomic E-state index is 13.4. The van der Waals surface area contributed by atoms with Crippen LogP contribution in [0.5, 0.6) is 0 Å². The predicted molar refractivity (Wildman–Crippen MR) is 144 cm³/mol. The van der Waals surface area contributed by atoms with Crippen LogP contribution in [0, 0.1) is 6.92 Å². The first kappa shape index (κ1) is 25.2. The number of amides is 1. The number of aryl methyl sites for hydroxylation is 1. The minimum Gasteiger partial charge on any atom is -0.389 e. The first-order chi connectivity index (χ1) is 18.9. The minimum atomic E-state index is -0.666. The summed E-state index contributed by atoms with van der Waals surface area (Å²) in [4.78, 5) is 15.0. The van der Waals surface area contributed by atoms with Crippen LogP contribution in [0.15, 0.2) is 48.9 Å². The van der Waals surface area contributed by atoms with E-state index in [0.29, 0.717) is 45.8 Å². The number of anilines is 1. The molecule has 4 aromatic heterocycles. The van der Waals surface area contributed by atoms with Gasteiger partial charge in [-0.3, -0.25) is 9.48 Å². The number of nitrogens with one attached hydrogen (secondary N) is 1. The lowest BCUT2D eigenvalue weighted by Gasteiger charge is -2.09. The van der Waals surface area contributed by atoms with Gasteiger partial charge in [-0.15, -0.1) is 10.2 Å². The number of benzene rings is 1. The van der Waals surface area contributed by atoms with E-state index in [2.05, 4.69) is 30.9 Å². The summed E-state index contributed by atoms with van der Waals surface area (Å²) in [7, 11) is 1.54. The molecular formula is C26H26ClN9O3. The van der Waals surface area contributed by atoms with Crippen molar-refractivity contribution >= 4 is 28.7 Å². The van der Waals surface area contributed by atoms with Gasteiger partial charge in [0, 0.05) is 30.6 Å². The number of fused-ring (bicyclic) bond motifs is 1. The molecule has 39 heavy (non-hydrogen) atoms. The average Bonchev–Trinajstić information content (AvgIpc) is 3.31. The largest absolute Gasteiger partial charge is 0.389 e. The highest BCUT2D eigenvalue weighted by molar-refractivity contribution is 6.34. The lowest BCUT2D eigenvalue weighted by atomic mass is 10.1. The van der Waals surface area contributed by atoms with Crippen molar-refractivity contribution in [3.05, 3.63) is 65.2 Å². The van der Waals surface area contributed by atoms with Crippen LogP contribution < -0.4 is 5.32 Å². The van der Waals surface area contributed by atoms with Gasteiger partial charge in [-0.05, 0) is 60.9 Å². The van der Waals surface area contributed by atoms with E-state index in [1.807, 2.05) is 25.3 Å². The summed E-state index contributed by atoms with van der Waals surface area (Å²) in [6, 6.07) is 9.34. The van der Waals surface area contributed by atoms with E-state index in [-0.39, 0.29) is 12.5 Å². The molecule has 1 unspecified atom stereocenters. The molecule has 12 nitrogen and oxygen atoms in total. The van der Waals surface area contributed by atoms with E-state index in [1.165, 1.54) is 6.20 Å². The summed E-state index contributed by atoms with van der Waals surface area (Å²) in [6.45, 7) is 2.43. The van der Waals surface area contributed by atoms with Gasteiger partial charge in [-0.25, -0.2) is 4.52 Å². The summed E-state index contributed by atoms with van der Waals surface area (Å²) >= 11 is 6.42. The Bertz CT molecular complexity index is 1670. The lowest BCUT2D eigenvalue weighted by Crippen LogP contribution is -2.21. The van der Waals surface area contributed by atoms with Crippen LogP contribution in [0.2, 0.25) is 5.02 Å². The van der Waals surface area contributed by atoms with E-state index in [0.717, 1.165) is 29.7 Å². The van der Waals surface area contributed by atoms with Crippen molar-refractivity contribution in [1.82, 2.24) is 39.6 Å². The first-order valence-electron chi connectivity index (χ1n) is 12.5. The summed E-state index contributed by atoms with van der Waals surface area (Å²) in [5, 5.41) is 34.9. The van der Waals surface area contributed by atoms with Crippen LogP contribution in [-0.2, 0) is 11.3 Å². The summed E-state index contributed by atoms with van der Waals surface area (Å²) < 4.78 is 8.33. The quantitative estimate of drug-likeness (QED) is 0.286. The fourth-order valence-electron chi connectivity index (χ4n) is 4.43. The number of hydrogen-bond acceptors (Lipinski definition) is 8. The van der Waals surface area contributed by atoms with Crippen molar-refractivity contribution in [2.24, 2.45) is 0 Å². The van der Waals surface area contributed by atoms with Crippen LogP contribution in [0.3, 0.4) is 0 Å². The summed E-state index contributed by atoms with van der Waals surface area (Å²) in [5.74, 6) is 0.117. The molecule has 0 spiro atoms. The van der Waals surface area contributed by atoms with Crippen molar-refractivity contribution in [2.45, 2.75) is 38.5 Å². The van der Waals surface area contributed by atoms with Gasteiger partial charge in [0.1, 0.15) is 0 Å². The molecular weight excluding hydrogens is 522 g/mol. The van der Waals surface area contributed by atoms with Crippen LogP contribution in [0.25, 0.3) is 28.0 Å². The molecule has 1 aliphatic carbocycles. The van der Waals surface area contributed by atoms with Crippen molar-refractivity contribution in [2.75, 3.05) is 19.0 Å². The first-order valence-corrected chi connectivity index (χ1v) is 12.9. The number of halogens is 1. The molecule has 13 heteroatoms. The molecule has 1 fully saturated rings. The monoisotopic (exact) mass is 547 g/mol. The molecule has 0 bridgehead atoms. The maximum Gasteiger partial charge on any atom is 0.259 e. The number of aromatic nitrogens is 8. The van der Waals surface area contributed by atoms with Crippen LogP contribution in [-0.4, -0.2) is 70.4 Å². The second-order valence-corrected chi connectivity index (χ2v) is 9.98. The van der Waals surface area contributed by atoms with E-state index < -0.39 is 6.10 Å².